The SMILES string of the molecule is C[C@]12CC[C@H]3[C@@H](C=CC4=C(N)C(=O)CC[C@@]43C)[C@@H]1CC[C@@H]2OC1CC1. The molecule has 0 heterocycles. The Kier molecular flexibility index (Phi) is 3.36. The van der Waals surface area contributed by atoms with Gasteiger partial charge in [0.15, 0.2) is 5.78 Å². The van der Waals surface area contributed by atoms with Crippen molar-refractivity contribution in [2.45, 2.75) is 77.4 Å². The van der Waals surface area contributed by atoms with Crippen LogP contribution in [0.1, 0.15) is 65.2 Å². The first-order chi connectivity index (χ1) is 11.9. The summed E-state index contributed by atoms with van der Waals surface area (Å²) in [5, 5.41) is 0. The van der Waals surface area contributed by atoms with Gasteiger partial charge in [-0.25, -0.2) is 0 Å². The molecule has 3 nitrogen and oxygen atoms in total. The van der Waals surface area contributed by atoms with Crippen molar-refractivity contribution in [3.05, 3.63) is 23.4 Å². The molecular weight excluding hydrogens is 310 g/mol. The van der Waals surface area contributed by atoms with Crippen molar-refractivity contribution < 1.29 is 9.53 Å². The number of ketones is 1. The molecule has 0 bridgehead atoms. The summed E-state index contributed by atoms with van der Waals surface area (Å²) in [5.41, 5.74) is 8.32. The fraction of sp³-hybridized carbons (Fsp3) is 0.773. The Morgan fingerprint density at radius 1 is 1.08 bits per heavy atom. The third kappa shape index (κ3) is 2.17. The zero-order chi connectivity index (χ0) is 17.4. The third-order valence-corrected chi connectivity index (χ3v) is 8.51. The lowest BCUT2D eigenvalue weighted by atomic mass is 9.49. The maximum absolute atomic E-state index is 12.1. The fourth-order valence-corrected chi connectivity index (χ4v) is 6.79. The van der Waals surface area contributed by atoms with E-state index in [4.69, 9.17) is 10.5 Å². The lowest BCUT2D eigenvalue weighted by molar-refractivity contribution is -0.118. The first-order valence-corrected chi connectivity index (χ1v) is 10.3. The van der Waals surface area contributed by atoms with Crippen molar-refractivity contribution in [2.75, 3.05) is 0 Å². The van der Waals surface area contributed by atoms with Gasteiger partial charge < -0.3 is 10.5 Å². The molecule has 0 aromatic heterocycles. The standard InChI is InChI=1S/C22H31NO2/c1-21-12-10-18(24)20(23)17(21)6-5-14-15-7-8-19(25-13-3-4-13)22(15,2)11-9-16(14)21/h5-6,13-16,19H,3-4,7-12,23H2,1-2H3/t14-,15-,16-,19-,21+,22-/m0/s1. The van der Waals surface area contributed by atoms with E-state index in [1.807, 2.05) is 0 Å². The average molecular weight is 341 g/mol. The summed E-state index contributed by atoms with van der Waals surface area (Å²) in [6.45, 7) is 4.87. The van der Waals surface area contributed by atoms with Crippen molar-refractivity contribution >= 4 is 5.78 Å². The molecule has 0 unspecified atom stereocenters. The Balaban J connectivity index is 1.49. The Labute approximate surface area is 151 Å². The summed E-state index contributed by atoms with van der Waals surface area (Å²) in [6.07, 6.45) is 14.8. The second-order valence-corrected chi connectivity index (χ2v) is 9.76. The highest BCUT2D eigenvalue weighted by molar-refractivity contribution is 5.97. The molecule has 0 aromatic rings. The van der Waals surface area contributed by atoms with Crippen LogP contribution in [-0.2, 0) is 9.53 Å². The van der Waals surface area contributed by atoms with Crippen molar-refractivity contribution in [2.24, 2.45) is 34.3 Å². The molecule has 0 radical (unpaired) electrons. The van der Waals surface area contributed by atoms with Gasteiger partial charge in [-0.3, -0.25) is 4.79 Å². The number of carbonyl (C=O) groups excluding carboxylic acids is 1. The summed E-state index contributed by atoms with van der Waals surface area (Å²) < 4.78 is 6.44. The molecule has 0 aliphatic heterocycles. The summed E-state index contributed by atoms with van der Waals surface area (Å²) in [6, 6.07) is 0. The summed E-state index contributed by atoms with van der Waals surface area (Å²) in [5.74, 6) is 2.14. The van der Waals surface area contributed by atoms with Gasteiger partial charge >= 0.3 is 0 Å². The number of allylic oxidation sites excluding steroid dienone is 4. The average Bonchev–Trinajstić information content (AvgIpc) is 3.34. The molecule has 0 aromatic carbocycles. The maximum atomic E-state index is 12.1. The van der Waals surface area contributed by atoms with Crippen LogP contribution in [0.25, 0.3) is 0 Å². The van der Waals surface area contributed by atoms with Gasteiger partial charge in [-0.05, 0) is 79.1 Å². The van der Waals surface area contributed by atoms with Gasteiger partial charge in [-0.15, -0.1) is 0 Å². The summed E-state index contributed by atoms with van der Waals surface area (Å²) in [4.78, 5) is 12.1. The molecule has 0 spiro atoms. The molecule has 5 aliphatic rings. The molecule has 0 saturated heterocycles. The minimum Gasteiger partial charge on any atom is -0.396 e. The van der Waals surface area contributed by atoms with E-state index < -0.39 is 0 Å². The van der Waals surface area contributed by atoms with Crippen LogP contribution in [0.5, 0.6) is 0 Å². The number of Topliss-reactive ketones (excluding diaryl/α,β-unsaturated/α-hetero) is 1. The van der Waals surface area contributed by atoms with E-state index in [1.165, 1.54) is 38.5 Å². The Bertz CT molecular complexity index is 676. The number of nitrogens with two attached hydrogens (primary N) is 1. The molecule has 5 aliphatic carbocycles. The number of ether oxygens (including phenoxy) is 1. The predicted molar refractivity (Wildman–Crippen MR) is 97.6 cm³/mol. The molecule has 3 saturated carbocycles. The molecular formula is C22H31NO2. The number of carbonyl (C=O) groups is 1. The molecule has 25 heavy (non-hydrogen) atoms. The van der Waals surface area contributed by atoms with Gasteiger partial charge in [-0.2, -0.15) is 0 Å². The van der Waals surface area contributed by atoms with Crippen LogP contribution in [0.15, 0.2) is 23.4 Å². The third-order valence-electron chi connectivity index (χ3n) is 8.51. The first kappa shape index (κ1) is 16.1. The van der Waals surface area contributed by atoms with Crippen LogP contribution in [0.3, 0.4) is 0 Å². The lowest BCUT2D eigenvalue weighted by Crippen LogP contribution is -2.51. The number of rotatable bonds is 2. The number of hydrogen-bond acceptors (Lipinski definition) is 3. The van der Waals surface area contributed by atoms with Crippen LogP contribution in [-0.4, -0.2) is 18.0 Å². The highest BCUT2D eigenvalue weighted by Crippen LogP contribution is 2.64. The van der Waals surface area contributed by atoms with Crippen molar-refractivity contribution in [1.82, 2.24) is 0 Å². The van der Waals surface area contributed by atoms with Gasteiger partial charge in [0.05, 0.1) is 17.9 Å². The topological polar surface area (TPSA) is 52.3 Å². The minimum absolute atomic E-state index is 0.0914. The van der Waals surface area contributed by atoms with E-state index in [2.05, 4.69) is 26.0 Å². The van der Waals surface area contributed by atoms with Gasteiger partial charge in [0.1, 0.15) is 0 Å². The molecule has 3 heteroatoms. The molecule has 6 atom stereocenters. The highest BCUT2D eigenvalue weighted by atomic mass is 16.5. The Morgan fingerprint density at radius 2 is 1.88 bits per heavy atom. The molecule has 3 fully saturated rings. The second-order valence-electron chi connectivity index (χ2n) is 9.76. The van der Waals surface area contributed by atoms with Gasteiger partial charge in [0.25, 0.3) is 0 Å². The summed E-state index contributed by atoms with van der Waals surface area (Å²) in [7, 11) is 0. The first-order valence-electron chi connectivity index (χ1n) is 10.3. The van der Waals surface area contributed by atoms with Crippen LogP contribution in [0.4, 0.5) is 0 Å². The number of fused-ring (bicyclic) bond motifs is 5. The zero-order valence-corrected chi connectivity index (χ0v) is 15.6. The normalized spacial score (nSPS) is 49.0. The maximum Gasteiger partial charge on any atom is 0.178 e. The Hall–Kier alpha value is -1.09. The van der Waals surface area contributed by atoms with Crippen LogP contribution in [0.2, 0.25) is 0 Å². The monoisotopic (exact) mass is 341 g/mol. The molecule has 5 rings (SSSR count). The number of hydrogen-bond donors (Lipinski definition) is 1. The van der Waals surface area contributed by atoms with Gasteiger partial charge in [-0.1, -0.05) is 26.0 Å². The molecule has 0 amide bonds. The van der Waals surface area contributed by atoms with Crippen molar-refractivity contribution in [3.63, 3.8) is 0 Å². The largest absolute Gasteiger partial charge is 0.396 e. The van der Waals surface area contributed by atoms with Crippen molar-refractivity contribution in [1.29, 1.82) is 0 Å². The van der Waals surface area contributed by atoms with Gasteiger partial charge in [0.2, 0.25) is 0 Å². The van der Waals surface area contributed by atoms with Gasteiger partial charge in [0, 0.05) is 6.42 Å². The van der Waals surface area contributed by atoms with Crippen LogP contribution in [0, 0.1) is 28.6 Å². The van der Waals surface area contributed by atoms with E-state index in [-0.39, 0.29) is 11.2 Å². The van der Waals surface area contributed by atoms with E-state index in [9.17, 15) is 4.79 Å². The van der Waals surface area contributed by atoms with E-state index >= 15 is 0 Å². The quantitative estimate of drug-likeness (QED) is 0.821. The minimum atomic E-state index is 0.0914. The van der Waals surface area contributed by atoms with Crippen LogP contribution >= 0.6 is 0 Å². The van der Waals surface area contributed by atoms with E-state index in [0.717, 1.165) is 17.9 Å². The lowest BCUT2D eigenvalue weighted by Gasteiger charge is -2.56. The van der Waals surface area contributed by atoms with E-state index in [0.29, 0.717) is 41.6 Å². The molecule has 136 valence electrons. The van der Waals surface area contributed by atoms with E-state index in [1.54, 1.807) is 0 Å². The molecule has 2 N–H and O–H groups in total. The zero-order valence-electron chi connectivity index (χ0n) is 15.6. The smallest absolute Gasteiger partial charge is 0.178 e. The second kappa shape index (κ2) is 5.22. The highest BCUT2D eigenvalue weighted by Gasteiger charge is 2.59. The predicted octanol–water partition coefficient (Wildman–Crippen LogP) is 4.13. The fourth-order valence-electron chi connectivity index (χ4n) is 6.79. The Morgan fingerprint density at radius 3 is 2.64 bits per heavy atom. The summed E-state index contributed by atoms with van der Waals surface area (Å²) >= 11 is 0. The van der Waals surface area contributed by atoms with Crippen molar-refractivity contribution in [3.8, 4) is 0 Å². The van der Waals surface area contributed by atoms with Crippen LogP contribution < -0.4 is 5.73 Å².